The number of anilines is 1. The number of halogens is 1. The van der Waals surface area contributed by atoms with Crippen LogP contribution in [0, 0.1) is 18.3 Å². The normalized spacial score (nSPS) is 18.0. The van der Waals surface area contributed by atoms with Gasteiger partial charge in [-0.1, -0.05) is 11.6 Å². The largest absolute Gasteiger partial charge is 0.496 e. The Morgan fingerprint density at radius 1 is 1.21 bits per heavy atom. The highest BCUT2D eigenvalue weighted by Gasteiger charge is 2.27. The third-order valence-electron chi connectivity index (χ3n) is 6.68. The van der Waals surface area contributed by atoms with E-state index in [4.69, 9.17) is 28.5 Å². The number of unbranched alkanes of at least 4 members (excludes halogenated alkanes) is 1. The fourth-order valence-electron chi connectivity index (χ4n) is 4.67. The van der Waals surface area contributed by atoms with Crippen LogP contribution in [-0.2, 0) is 4.79 Å². The molecule has 2 fully saturated rings. The predicted octanol–water partition coefficient (Wildman–Crippen LogP) is 3.17. The van der Waals surface area contributed by atoms with Crippen molar-refractivity contribution in [1.29, 1.82) is 0 Å². The quantitative estimate of drug-likeness (QED) is 0.343. The average molecular weight is 475 g/mol. The van der Waals surface area contributed by atoms with Gasteiger partial charge in [-0.2, -0.15) is 0 Å². The zero-order valence-electron chi connectivity index (χ0n) is 19.4. The van der Waals surface area contributed by atoms with E-state index in [9.17, 15) is 9.59 Å². The second-order valence-electron chi connectivity index (χ2n) is 9.00. The molecule has 0 spiro atoms. The highest BCUT2D eigenvalue weighted by Crippen LogP contribution is 2.29. The minimum atomic E-state index is -0.188. The van der Waals surface area contributed by atoms with Crippen LogP contribution in [0.25, 0.3) is 0 Å². The summed E-state index contributed by atoms with van der Waals surface area (Å²) in [4.78, 5) is 29.5. The molecule has 0 saturated carbocycles. The molecular weight excluding hydrogens is 440 g/mol. The number of methoxy groups -OCH3 is 1. The number of nitrogens with one attached hydrogen (secondary N) is 1. The maximum atomic E-state index is 12.8. The SMILES string of the molecule is C#CCCCC(=O)N1CCC(CN2CCC(NC(=O)c3cc(Cl)c(N)cc3OC)CC2)CC1. The lowest BCUT2D eigenvalue weighted by atomic mass is 9.94. The lowest BCUT2D eigenvalue weighted by Gasteiger charge is -2.38. The first-order valence-corrected chi connectivity index (χ1v) is 12.2. The van der Waals surface area contributed by atoms with Crippen LogP contribution in [0.3, 0.4) is 0 Å². The smallest absolute Gasteiger partial charge is 0.255 e. The Kier molecular flexibility index (Phi) is 9.28. The Balaban J connectivity index is 1.40. The topological polar surface area (TPSA) is 87.9 Å². The van der Waals surface area contributed by atoms with Gasteiger partial charge >= 0.3 is 0 Å². The van der Waals surface area contributed by atoms with E-state index in [1.54, 1.807) is 12.1 Å². The number of nitrogens with two attached hydrogens (primary N) is 1. The van der Waals surface area contributed by atoms with Gasteiger partial charge in [-0.25, -0.2) is 0 Å². The minimum Gasteiger partial charge on any atom is -0.496 e. The van der Waals surface area contributed by atoms with Crippen molar-refractivity contribution < 1.29 is 14.3 Å². The summed E-state index contributed by atoms with van der Waals surface area (Å²) >= 11 is 6.10. The van der Waals surface area contributed by atoms with Crippen LogP contribution >= 0.6 is 11.6 Å². The van der Waals surface area contributed by atoms with Gasteiger partial charge in [0.2, 0.25) is 5.91 Å². The maximum absolute atomic E-state index is 12.8. The number of benzene rings is 1. The number of amides is 2. The monoisotopic (exact) mass is 474 g/mol. The summed E-state index contributed by atoms with van der Waals surface area (Å²) in [7, 11) is 1.51. The van der Waals surface area contributed by atoms with E-state index in [1.165, 1.54) is 7.11 Å². The summed E-state index contributed by atoms with van der Waals surface area (Å²) in [6, 6.07) is 3.26. The fourth-order valence-corrected chi connectivity index (χ4v) is 4.83. The molecule has 0 atom stereocenters. The Bertz CT molecular complexity index is 869. The van der Waals surface area contributed by atoms with Crippen molar-refractivity contribution in [2.75, 3.05) is 45.6 Å². The Hall–Kier alpha value is -2.43. The number of likely N-dealkylation sites (tertiary alicyclic amines) is 2. The molecule has 1 aromatic rings. The van der Waals surface area contributed by atoms with E-state index < -0.39 is 0 Å². The molecule has 1 aromatic carbocycles. The van der Waals surface area contributed by atoms with Crippen molar-refractivity contribution in [3.63, 3.8) is 0 Å². The molecule has 7 nitrogen and oxygen atoms in total. The van der Waals surface area contributed by atoms with E-state index in [0.717, 1.165) is 64.8 Å². The van der Waals surface area contributed by atoms with Crippen LogP contribution in [0.15, 0.2) is 12.1 Å². The standard InChI is InChI=1S/C25H35ClN4O3/c1-3-4-5-6-24(31)30-13-7-18(8-14-30)17-29-11-9-19(10-12-29)28-25(32)20-15-21(26)22(27)16-23(20)33-2/h1,15-16,18-19H,4-14,17,27H2,2H3,(H,28,32). The zero-order valence-corrected chi connectivity index (χ0v) is 20.2. The molecule has 0 bridgehead atoms. The highest BCUT2D eigenvalue weighted by molar-refractivity contribution is 6.33. The molecule has 3 N–H and O–H groups in total. The number of ether oxygens (including phenoxy) is 1. The Labute approximate surface area is 202 Å². The van der Waals surface area contributed by atoms with Gasteiger partial charge in [0.25, 0.3) is 5.91 Å². The highest BCUT2D eigenvalue weighted by atomic mass is 35.5. The van der Waals surface area contributed by atoms with Gasteiger partial charge in [0.15, 0.2) is 0 Å². The molecular formula is C25H35ClN4O3. The van der Waals surface area contributed by atoms with Gasteiger partial charge < -0.3 is 25.6 Å². The number of nitrogens with zero attached hydrogens (tertiary/aromatic N) is 2. The summed E-state index contributed by atoms with van der Waals surface area (Å²) in [5.74, 6) is 3.68. The summed E-state index contributed by atoms with van der Waals surface area (Å²) in [5, 5.41) is 3.46. The first-order valence-electron chi connectivity index (χ1n) is 11.8. The molecule has 2 saturated heterocycles. The van der Waals surface area contributed by atoms with Crippen LogP contribution in [0.4, 0.5) is 5.69 Å². The molecule has 8 heteroatoms. The van der Waals surface area contributed by atoms with Crippen LogP contribution in [0.2, 0.25) is 5.02 Å². The van der Waals surface area contributed by atoms with Crippen molar-refractivity contribution in [2.45, 2.75) is 51.0 Å². The van der Waals surface area contributed by atoms with Crippen molar-refractivity contribution in [3.8, 4) is 18.1 Å². The van der Waals surface area contributed by atoms with E-state index in [-0.39, 0.29) is 17.9 Å². The first-order chi connectivity index (χ1) is 15.9. The summed E-state index contributed by atoms with van der Waals surface area (Å²) in [5.41, 5.74) is 6.60. The van der Waals surface area contributed by atoms with E-state index in [0.29, 0.717) is 40.8 Å². The van der Waals surface area contributed by atoms with Crippen molar-refractivity contribution >= 4 is 29.1 Å². The number of carbonyl (C=O) groups is 2. The lowest BCUT2D eigenvalue weighted by molar-refractivity contribution is -0.132. The van der Waals surface area contributed by atoms with Crippen LogP contribution < -0.4 is 15.8 Å². The second kappa shape index (κ2) is 12.2. The van der Waals surface area contributed by atoms with Gasteiger partial charge in [-0.15, -0.1) is 12.3 Å². The fraction of sp³-hybridized carbons (Fsp3) is 0.600. The van der Waals surface area contributed by atoms with Gasteiger partial charge in [0.05, 0.1) is 23.4 Å². The molecule has 0 aromatic heterocycles. The molecule has 180 valence electrons. The molecule has 0 aliphatic carbocycles. The van der Waals surface area contributed by atoms with Gasteiger partial charge in [-0.3, -0.25) is 9.59 Å². The number of carbonyl (C=O) groups excluding carboxylic acids is 2. The molecule has 0 unspecified atom stereocenters. The number of piperidine rings is 2. The molecule has 33 heavy (non-hydrogen) atoms. The van der Waals surface area contributed by atoms with Crippen LogP contribution in [-0.4, -0.2) is 67.5 Å². The van der Waals surface area contributed by atoms with Gasteiger partial charge in [0.1, 0.15) is 5.75 Å². The first kappa shape index (κ1) is 25.2. The average Bonchev–Trinajstić information content (AvgIpc) is 2.82. The summed E-state index contributed by atoms with van der Waals surface area (Å²) in [6.07, 6.45) is 11.2. The number of nitrogen functional groups attached to an aromatic ring is 1. The molecule has 2 aliphatic heterocycles. The van der Waals surface area contributed by atoms with Crippen LogP contribution in [0.1, 0.15) is 55.3 Å². The Morgan fingerprint density at radius 3 is 2.55 bits per heavy atom. The zero-order chi connectivity index (χ0) is 23.8. The molecule has 2 aliphatic rings. The van der Waals surface area contributed by atoms with Gasteiger partial charge in [-0.05, 0) is 44.1 Å². The molecule has 3 rings (SSSR count). The molecule has 0 radical (unpaired) electrons. The molecule has 2 amide bonds. The van der Waals surface area contributed by atoms with E-state index >= 15 is 0 Å². The number of rotatable bonds is 8. The third-order valence-corrected chi connectivity index (χ3v) is 7.01. The van der Waals surface area contributed by atoms with Crippen molar-refractivity contribution in [3.05, 3.63) is 22.7 Å². The third kappa shape index (κ3) is 7.02. The van der Waals surface area contributed by atoms with Crippen molar-refractivity contribution in [2.24, 2.45) is 5.92 Å². The Morgan fingerprint density at radius 2 is 1.91 bits per heavy atom. The number of hydrogen-bond acceptors (Lipinski definition) is 5. The minimum absolute atomic E-state index is 0.122. The number of hydrogen-bond donors (Lipinski definition) is 2. The predicted molar refractivity (Wildman–Crippen MR) is 131 cm³/mol. The van der Waals surface area contributed by atoms with E-state index in [2.05, 4.69) is 16.1 Å². The van der Waals surface area contributed by atoms with Gasteiger partial charge in [0, 0.05) is 57.7 Å². The molecule has 2 heterocycles. The lowest BCUT2D eigenvalue weighted by Crippen LogP contribution is -2.47. The summed E-state index contributed by atoms with van der Waals surface area (Å²) < 4.78 is 5.30. The van der Waals surface area contributed by atoms with Crippen molar-refractivity contribution in [1.82, 2.24) is 15.1 Å². The second-order valence-corrected chi connectivity index (χ2v) is 9.41. The number of terminal acetylenes is 1. The summed E-state index contributed by atoms with van der Waals surface area (Å²) in [6.45, 7) is 4.66. The van der Waals surface area contributed by atoms with Crippen LogP contribution in [0.5, 0.6) is 5.75 Å². The maximum Gasteiger partial charge on any atom is 0.255 e. The van der Waals surface area contributed by atoms with E-state index in [1.807, 2.05) is 4.90 Å².